The van der Waals surface area contributed by atoms with Crippen molar-refractivity contribution in [3.63, 3.8) is 0 Å². The van der Waals surface area contributed by atoms with Crippen LogP contribution in [0.3, 0.4) is 0 Å². The lowest BCUT2D eigenvalue weighted by Crippen LogP contribution is -2.60. The molecule has 1 N–H and O–H groups in total. The van der Waals surface area contributed by atoms with Crippen LogP contribution in [0.4, 0.5) is 4.39 Å². The van der Waals surface area contributed by atoms with Crippen molar-refractivity contribution in [1.29, 1.82) is 0 Å². The van der Waals surface area contributed by atoms with Crippen molar-refractivity contribution >= 4 is 17.7 Å². The van der Waals surface area contributed by atoms with Crippen molar-refractivity contribution in [2.45, 2.75) is 24.6 Å². The van der Waals surface area contributed by atoms with E-state index in [9.17, 15) is 18.8 Å². The van der Waals surface area contributed by atoms with E-state index >= 15 is 0 Å². The summed E-state index contributed by atoms with van der Waals surface area (Å²) in [6, 6.07) is 13.5. The van der Waals surface area contributed by atoms with Gasteiger partial charge in [-0.15, -0.1) is 0 Å². The molecule has 8 nitrogen and oxygen atoms in total. The van der Waals surface area contributed by atoms with Crippen LogP contribution in [-0.2, 0) is 9.53 Å². The predicted molar refractivity (Wildman–Crippen MR) is 128 cm³/mol. The number of halogens is 1. The minimum absolute atomic E-state index is 0.0955. The van der Waals surface area contributed by atoms with Crippen molar-refractivity contribution in [2.75, 3.05) is 46.9 Å². The van der Waals surface area contributed by atoms with Gasteiger partial charge >= 0.3 is 0 Å². The van der Waals surface area contributed by atoms with E-state index in [0.29, 0.717) is 50.1 Å². The zero-order valence-corrected chi connectivity index (χ0v) is 20.1. The number of carbonyl (C=O) groups excluding carboxylic acids is 3. The van der Waals surface area contributed by atoms with Gasteiger partial charge in [-0.3, -0.25) is 19.3 Å². The van der Waals surface area contributed by atoms with Gasteiger partial charge in [0.25, 0.3) is 11.8 Å². The van der Waals surface area contributed by atoms with Gasteiger partial charge in [-0.1, -0.05) is 18.2 Å². The van der Waals surface area contributed by atoms with E-state index in [1.165, 1.54) is 24.3 Å². The maximum atomic E-state index is 13.6. The fourth-order valence-electron chi connectivity index (χ4n) is 4.64. The number of likely N-dealkylation sites (N-methyl/N-ethyl adjacent to an activating group) is 1. The minimum Gasteiger partial charge on any atom is -0.353 e. The number of piperidine rings is 1. The molecule has 2 aromatic carbocycles. The normalized spacial score (nSPS) is 19.3. The zero-order valence-electron chi connectivity index (χ0n) is 20.1. The Kier molecular flexibility index (Phi) is 7.47. The molecule has 2 aliphatic rings. The molecule has 0 saturated carbocycles. The Hall–Kier alpha value is -3.30. The second kappa shape index (κ2) is 10.5. The third-order valence-electron chi connectivity index (χ3n) is 6.58. The highest BCUT2D eigenvalue weighted by atomic mass is 19.1. The number of amides is 3. The topological polar surface area (TPSA) is 82.2 Å². The molecule has 0 aliphatic carbocycles. The summed E-state index contributed by atoms with van der Waals surface area (Å²) in [6.45, 7) is 1.94. The monoisotopic (exact) mass is 482 g/mol. The summed E-state index contributed by atoms with van der Waals surface area (Å²) >= 11 is 0. The van der Waals surface area contributed by atoms with Gasteiger partial charge in [-0.05, 0) is 50.5 Å². The first-order valence-corrected chi connectivity index (χ1v) is 11.8. The summed E-state index contributed by atoms with van der Waals surface area (Å²) in [6.07, 6.45) is 0.750. The van der Waals surface area contributed by atoms with Gasteiger partial charge < -0.3 is 19.9 Å². The zero-order chi connectivity index (χ0) is 25.0. The summed E-state index contributed by atoms with van der Waals surface area (Å²) in [5.41, 5.74) is -0.0888. The highest BCUT2D eigenvalue weighted by Crippen LogP contribution is 2.38. The molecule has 2 fully saturated rings. The lowest BCUT2D eigenvalue weighted by molar-refractivity contribution is -0.128. The Morgan fingerprint density at radius 2 is 1.63 bits per heavy atom. The molecule has 0 radical (unpaired) electrons. The number of hydrogen-bond acceptors (Lipinski definition) is 5. The average Bonchev–Trinajstić information content (AvgIpc) is 3.23. The molecule has 186 valence electrons. The van der Waals surface area contributed by atoms with Gasteiger partial charge in [0, 0.05) is 50.1 Å². The van der Waals surface area contributed by atoms with E-state index in [2.05, 4.69) is 5.32 Å². The van der Waals surface area contributed by atoms with Gasteiger partial charge in [0.05, 0.1) is 6.61 Å². The van der Waals surface area contributed by atoms with Crippen LogP contribution in [0, 0.1) is 5.82 Å². The van der Waals surface area contributed by atoms with E-state index < -0.39 is 17.6 Å². The van der Waals surface area contributed by atoms with E-state index in [1.807, 2.05) is 25.1 Å². The van der Waals surface area contributed by atoms with Crippen LogP contribution in [0.15, 0.2) is 54.6 Å². The third-order valence-corrected chi connectivity index (χ3v) is 6.58. The molecule has 2 saturated heterocycles. The highest BCUT2D eigenvalue weighted by molar-refractivity contribution is 5.98. The average molecular weight is 483 g/mol. The first kappa shape index (κ1) is 24.8. The number of carbonyl (C=O) groups is 3. The molecular formula is C26H31FN4O4. The number of hydrogen-bond donors (Lipinski definition) is 1. The minimum atomic E-state index is -0.976. The largest absolute Gasteiger partial charge is 0.353 e. The van der Waals surface area contributed by atoms with Crippen LogP contribution in [0.2, 0.25) is 0 Å². The SMILES string of the molecule is CN(C)CCNC(=O)C1COC2(CCN(C(=O)c3ccc(F)cc3)CC2)N1C(=O)c1ccccc1. The fourth-order valence-corrected chi connectivity index (χ4v) is 4.64. The molecular weight excluding hydrogens is 451 g/mol. The summed E-state index contributed by atoms with van der Waals surface area (Å²) in [4.78, 5) is 44.8. The van der Waals surface area contributed by atoms with Crippen LogP contribution in [-0.4, -0.2) is 91.1 Å². The fraction of sp³-hybridized carbons (Fsp3) is 0.423. The lowest BCUT2D eigenvalue weighted by atomic mass is 9.96. The first-order chi connectivity index (χ1) is 16.8. The number of benzene rings is 2. The van der Waals surface area contributed by atoms with E-state index in [4.69, 9.17) is 4.74 Å². The van der Waals surface area contributed by atoms with Crippen molar-refractivity contribution in [3.8, 4) is 0 Å². The van der Waals surface area contributed by atoms with Crippen LogP contribution in [0.25, 0.3) is 0 Å². The number of ether oxygens (including phenoxy) is 1. The van der Waals surface area contributed by atoms with E-state index in [0.717, 1.165) is 0 Å². The Labute approximate surface area is 204 Å². The van der Waals surface area contributed by atoms with Crippen molar-refractivity contribution in [1.82, 2.24) is 20.0 Å². The Bertz CT molecular complexity index is 1050. The lowest BCUT2D eigenvalue weighted by Gasteiger charge is -2.44. The molecule has 3 amide bonds. The summed E-state index contributed by atoms with van der Waals surface area (Å²) in [5, 5.41) is 2.92. The Morgan fingerprint density at radius 1 is 1.00 bits per heavy atom. The maximum absolute atomic E-state index is 13.6. The molecule has 2 heterocycles. The molecule has 1 atom stereocenters. The van der Waals surface area contributed by atoms with Crippen molar-refractivity contribution in [3.05, 3.63) is 71.5 Å². The van der Waals surface area contributed by atoms with Crippen LogP contribution < -0.4 is 5.32 Å². The molecule has 2 aliphatic heterocycles. The van der Waals surface area contributed by atoms with Gasteiger partial charge in [0.15, 0.2) is 0 Å². The van der Waals surface area contributed by atoms with Crippen molar-refractivity contribution in [2.24, 2.45) is 0 Å². The molecule has 35 heavy (non-hydrogen) atoms. The molecule has 1 unspecified atom stereocenters. The number of nitrogens with one attached hydrogen (secondary N) is 1. The molecule has 4 rings (SSSR count). The van der Waals surface area contributed by atoms with E-state index in [1.54, 1.807) is 34.1 Å². The van der Waals surface area contributed by atoms with Crippen LogP contribution in [0.5, 0.6) is 0 Å². The second-order valence-electron chi connectivity index (χ2n) is 9.21. The predicted octanol–water partition coefficient (Wildman–Crippen LogP) is 1.98. The summed E-state index contributed by atoms with van der Waals surface area (Å²) in [5.74, 6) is -1.12. The van der Waals surface area contributed by atoms with Gasteiger partial charge in [-0.2, -0.15) is 0 Å². The molecule has 2 aromatic rings. The van der Waals surface area contributed by atoms with E-state index in [-0.39, 0.29) is 24.3 Å². The molecule has 1 spiro atoms. The Balaban J connectivity index is 1.52. The quantitative estimate of drug-likeness (QED) is 0.681. The van der Waals surface area contributed by atoms with Gasteiger partial charge in [0.2, 0.25) is 5.91 Å². The smallest absolute Gasteiger partial charge is 0.256 e. The standard InChI is InChI=1S/C26H31FN4O4/c1-29(2)17-14-28-23(32)22-18-35-26(31(22)25(34)19-6-4-3-5-7-19)12-15-30(16-13-26)24(33)20-8-10-21(27)11-9-20/h3-11,22H,12-18H2,1-2H3,(H,28,32). The molecule has 9 heteroatoms. The molecule has 0 aromatic heterocycles. The Morgan fingerprint density at radius 3 is 2.26 bits per heavy atom. The van der Waals surface area contributed by atoms with Crippen molar-refractivity contribution < 1.29 is 23.5 Å². The number of rotatable bonds is 6. The van der Waals surface area contributed by atoms with Gasteiger partial charge in [-0.25, -0.2) is 4.39 Å². The number of likely N-dealkylation sites (tertiary alicyclic amines) is 1. The van der Waals surface area contributed by atoms with Crippen LogP contribution in [0.1, 0.15) is 33.6 Å². The third kappa shape index (κ3) is 5.36. The summed E-state index contributed by atoms with van der Waals surface area (Å²) in [7, 11) is 3.85. The molecule has 0 bridgehead atoms. The van der Waals surface area contributed by atoms with Gasteiger partial charge in [0.1, 0.15) is 17.6 Å². The first-order valence-electron chi connectivity index (χ1n) is 11.8. The highest BCUT2D eigenvalue weighted by Gasteiger charge is 2.54. The summed E-state index contributed by atoms with van der Waals surface area (Å²) < 4.78 is 19.4. The number of nitrogens with zero attached hydrogens (tertiary/aromatic N) is 3. The van der Waals surface area contributed by atoms with Crippen LogP contribution >= 0.6 is 0 Å². The second-order valence-corrected chi connectivity index (χ2v) is 9.21. The maximum Gasteiger partial charge on any atom is 0.256 e.